The molecule has 20 heavy (non-hydrogen) atoms. The standard InChI is InChI=1S/C18H28N2/c1-15(19)16-7-3-4-8-17(16)20-13-11-18(12-14-20)9-5-2-6-10-18/h3-4,7-8,15H,2,5-6,9-14,19H2,1H3. The first-order valence-electron chi connectivity index (χ1n) is 8.30. The van der Waals surface area contributed by atoms with Crippen LogP contribution >= 0.6 is 0 Å². The summed E-state index contributed by atoms with van der Waals surface area (Å²) >= 11 is 0. The maximum absolute atomic E-state index is 6.13. The summed E-state index contributed by atoms with van der Waals surface area (Å²) in [6, 6.07) is 8.81. The zero-order valence-electron chi connectivity index (χ0n) is 12.8. The molecule has 1 aromatic rings. The molecular formula is C18H28N2. The molecule has 2 heteroatoms. The quantitative estimate of drug-likeness (QED) is 0.871. The molecule has 0 bridgehead atoms. The number of benzene rings is 1. The molecule has 1 atom stereocenters. The highest BCUT2D eigenvalue weighted by molar-refractivity contribution is 5.55. The second kappa shape index (κ2) is 5.77. The van der Waals surface area contributed by atoms with E-state index in [2.05, 4.69) is 36.1 Å². The summed E-state index contributed by atoms with van der Waals surface area (Å²) < 4.78 is 0. The molecule has 0 amide bonds. The van der Waals surface area contributed by atoms with Crippen LogP contribution in [0.1, 0.15) is 63.5 Å². The first-order chi connectivity index (χ1) is 9.70. The van der Waals surface area contributed by atoms with Gasteiger partial charge in [0.25, 0.3) is 0 Å². The lowest BCUT2D eigenvalue weighted by atomic mass is 9.68. The van der Waals surface area contributed by atoms with Crippen LogP contribution in [0.3, 0.4) is 0 Å². The average molecular weight is 272 g/mol. The predicted molar refractivity (Wildman–Crippen MR) is 86.0 cm³/mol. The summed E-state index contributed by atoms with van der Waals surface area (Å²) in [4.78, 5) is 2.57. The second-order valence-corrected chi connectivity index (χ2v) is 6.90. The van der Waals surface area contributed by atoms with Gasteiger partial charge in [0.05, 0.1) is 0 Å². The fourth-order valence-electron chi connectivity index (χ4n) is 4.18. The minimum Gasteiger partial charge on any atom is -0.371 e. The Hall–Kier alpha value is -1.02. The molecule has 0 radical (unpaired) electrons. The van der Waals surface area contributed by atoms with Gasteiger partial charge in [-0.1, -0.05) is 37.5 Å². The summed E-state index contributed by atoms with van der Waals surface area (Å²) in [6.07, 6.45) is 10.1. The van der Waals surface area contributed by atoms with Gasteiger partial charge in [-0.25, -0.2) is 0 Å². The van der Waals surface area contributed by atoms with Crippen LogP contribution in [0.5, 0.6) is 0 Å². The highest BCUT2D eigenvalue weighted by Crippen LogP contribution is 2.45. The lowest BCUT2D eigenvalue weighted by molar-refractivity contribution is 0.144. The molecule has 1 saturated carbocycles. The topological polar surface area (TPSA) is 29.3 Å². The molecule has 2 nitrogen and oxygen atoms in total. The van der Waals surface area contributed by atoms with E-state index >= 15 is 0 Å². The number of rotatable bonds is 2. The van der Waals surface area contributed by atoms with Crippen molar-refractivity contribution in [3.8, 4) is 0 Å². The van der Waals surface area contributed by atoms with E-state index in [1.165, 1.54) is 69.3 Å². The normalized spacial score (nSPS) is 23.8. The Morgan fingerprint density at radius 3 is 2.30 bits per heavy atom. The number of anilines is 1. The van der Waals surface area contributed by atoms with Gasteiger partial charge in [-0.2, -0.15) is 0 Å². The SMILES string of the molecule is CC(N)c1ccccc1N1CCC2(CCCCC2)CC1. The van der Waals surface area contributed by atoms with E-state index in [1.54, 1.807) is 0 Å². The second-order valence-electron chi connectivity index (χ2n) is 6.90. The van der Waals surface area contributed by atoms with Gasteiger partial charge in [-0.3, -0.25) is 0 Å². The minimum atomic E-state index is 0.122. The van der Waals surface area contributed by atoms with Crippen LogP contribution < -0.4 is 10.6 Å². The lowest BCUT2D eigenvalue weighted by Crippen LogP contribution is -2.41. The highest BCUT2D eigenvalue weighted by Gasteiger charge is 2.35. The fourth-order valence-corrected chi connectivity index (χ4v) is 4.18. The van der Waals surface area contributed by atoms with Gasteiger partial charge in [-0.15, -0.1) is 0 Å². The van der Waals surface area contributed by atoms with E-state index in [4.69, 9.17) is 5.73 Å². The lowest BCUT2D eigenvalue weighted by Gasteiger charge is -2.45. The number of para-hydroxylation sites is 1. The van der Waals surface area contributed by atoms with Crippen molar-refractivity contribution in [1.29, 1.82) is 0 Å². The van der Waals surface area contributed by atoms with Gasteiger partial charge >= 0.3 is 0 Å². The largest absolute Gasteiger partial charge is 0.371 e. The molecule has 0 aromatic heterocycles. The van der Waals surface area contributed by atoms with Crippen LogP contribution in [0.25, 0.3) is 0 Å². The Balaban J connectivity index is 1.72. The summed E-state index contributed by atoms with van der Waals surface area (Å²) in [5.74, 6) is 0. The Morgan fingerprint density at radius 2 is 1.65 bits per heavy atom. The molecule has 1 heterocycles. The third-order valence-corrected chi connectivity index (χ3v) is 5.51. The van der Waals surface area contributed by atoms with E-state index in [9.17, 15) is 0 Å². The molecule has 1 aromatic carbocycles. The maximum atomic E-state index is 6.13. The average Bonchev–Trinajstić information content (AvgIpc) is 2.49. The van der Waals surface area contributed by atoms with Crippen LogP contribution in [0, 0.1) is 5.41 Å². The van der Waals surface area contributed by atoms with Gasteiger partial charge in [0.2, 0.25) is 0 Å². The molecular weight excluding hydrogens is 244 g/mol. The summed E-state index contributed by atoms with van der Waals surface area (Å²) in [7, 11) is 0. The number of hydrogen-bond acceptors (Lipinski definition) is 2. The number of piperidine rings is 1. The molecule has 2 fully saturated rings. The molecule has 3 rings (SSSR count). The Morgan fingerprint density at radius 1 is 1.00 bits per heavy atom. The minimum absolute atomic E-state index is 0.122. The van der Waals surface area contributed by atoms with Crippen molar-refractivity contribution in [1.82, 2.24) is 0 Å². The van der Waals surface area contributed by atoms with Crippen molar-refractivity contribution in [3.05, 3.63) is 29.8 Å². The molecule has 1 aliphatic carbocycles. The first kappa shape index (κ1) is 13.9. The smallest absolute Gasteiger partial charge is 0.0414 e. The van der Waals surface area contributed by atoms with Crippen molar-refractivity contribution in [2.45, 2.75) is 57.9 Å². The highest BCUT2D eigenvalue weighted by atomic mass is 15.1. The van der Waals surface area contributed by atoms with Gasteiger partial charge in [0, 0.05) is 24.8 Å². The van der Waals surface area contributed by atoms with Crippen LogP contribution in [0.15, 0.2) is 24.3 Å². The predicted octanol–water partition coefficient (Wildman–Crippen LogP) is 4.26. The summed E-state index contributed by atoms with van der Waals surface area (Å²) in [6.45, 7) is 4.51. The van der Waals surface area contributed by atoms with E-state index < -0.39 is 0 Å². The monoisotopic (exact) mass is 272 g/mol. The van der Waals surface area contributed by atoms with Crippen molar-refractivity contribution in [2.24, 2.45) is 11.1 Å². The van der Waals surface area contributed by atoms with Gasteiger partial charge in [0.1, 0.15) is 0 Å². The van der Waals surface area contributed by atoms with E-state index in [1.807, 2.05) is 0 Å². The fraction of sp³-hybridized carbons (Fsp3) is 0.667. The van der Waals surface area contributed by atoms with Crippen molar-refractivity contribution < 1.29 is 0 Å². The molecule has 2 N–H and O–H groups in total. The van der Waals surface area contributed by atoms with E-state index in [0.717, 1.165) is 0 Å². The summed E-state index contributed by atoms with van der Waals surface area (Å²) in [5.41, 5.74) is 9.48. The molecule has 110 valence electrons. The number of hydrogen-bond donors (Lipinski definition) is 1. The molecule has 1 saturated heterocycles. The third kappa shape index (κ3) is 2.71. The molecule has 1 unspecified atom stereocenters. The van der Waals surface area contributed by atoms with Crippen molar-refractivity contribution in [3.63, 3.8) is 0 Å². The number of nitrogens with two attached hydrogens (primary N) is 1. The molecule has 2 aliphatic rings. The Labute approximate surface area is 123 Å². The van der Waals surface area contributed by atoms with Crippen molar-refractivity contribution in [2.75, 3.05) is 18.0 Å². The zero-order valence-corrected chi connectivity index (χ0v) is 12.8. The van der Waals surface area contributed by atoms with Gasteiger partial charge < -0.3 is 10.6 Å². The van der Waals surface area contributed by atoms with Gasteiger partial charge in [-0.05, 0) is 49.7 Å². The van der Waals surface area contributed by atoms with E-state index in [-0.39, 0.29) is 6.04 Å². The molecule has 1 aliphatic heterocycles. The Kier molecular flexibility index (Phi) is 4.02. The molecule has 1 spiro atoms. The summed E-state index contributed by atoms with van der Waals surface area (Å²) in [5, 5.41) is 0. The van der Waals surface area contributed by atoms with Gasteiger partial charge in [0.15, 0.2) is 0 Å². The third-order valence-electron chi connectivity index (χ3n) is 5.51. The number of nitrogens with zero attached hydrogens (tertiary/aromatic N) is 1. The van der Waals surface area contributed by atoms with Crippen LogP contribution in [0.4, 0.5) is 5.69 Å². The maximum Gasteiger partial charge on any atom is 0.0414 e. The first-order valence-corrected chi connectivity index (χ1v) is 8.30. The van der Waals surface area contributed by atoms with E-state index in [0.29, 0.717) is 5.41 Å². The van der Waals surface area contributed by atoms with Crippen LogP contribution in [-0.2, 0) is 0 Å². The Bertz CT molecular complexity index is 436. The zero-order chi connectivity index (χ0) is 14.0. The van der Waals surface area contributed by atoms with Crippen LogP contribution in [0.2, 0.25) is 0 Å². The van der Waals surface area contributed by atoms with Crippen molar-refractivity contribution >= 4 is 5.69 Å². The van der Waals surface area contributed by atoms with Crippen LogP contribution in [-0.4, -0.2) is 13.1 Å².